The molecule has 2 saturated heterocycles. The number of carbonyl (C=O) groups is 1. The van der Waals surface area contributed by atoms with Gasteiger partial charge in [0.05, 0.1) is 0 Å². The van der Waals surface area contributed by atoms with Gasteiger partial charge in [0.1, 0.15) is 5.78 Å². The minimum absolute atomic E-state index is 0.195. The van der Waals surface area contributed by atoms with Crippen LogP contribution in [0.5, 0.6) is 0 Å². The summed E-state index contributed by atoms with van der Waals surface area (Å²) in [7, 11) is 0. The van der Waals surface area contributed by atoms with Crippen molar-refractivity contribution in [3.05, 3.63) is 0 Å². The molecule has 0 unspecified atom stereocenters. The van der Waals surface area contributed by atoms with Crippen LogP contribution in [0.15, 0.2) is 0 Å². The van der Waals surface area contributed by atoms with E-state index in [1.54, 1.807) is 0 Å². The molecule has 0 saturated carbocycles. The predicted octanol–water partition coefficient (Wildman–Crippen LogP) is 2.80. The number of hydrogen-bond acceptors (Lipinski definition) is 3. The molecular weight excluding hydrogens is 248 g/mol. The van der Waals surface area contributed by atoms with Gasteiger partial charge in [-0.15, -0.1) is 0 Å². The van der Waals surface area contributed by atoms with Crippen LogP contribution in [-0.2, 0) is 4.79 Å². The number of hydrogen-bond donors (Lipinski definition) is 0. The van der Waals surface area contributed by atoms with Crippen molar-refractivity contribution in [1.82, 2.24) is 9.80 Å². The van der Waals surface area contributed by atoms with E-state index in [1.165, 1.54) is 45.4 Å². The molecule has 0 aromatic heterocycles. The third-order valence-electron chi connectivity index (χ3n) is 5.43. The number of nitrogens with zero attached hydrogens (tertiary/aromatic N) is 2. The van der Waals surface area contributed by atoms with Crippen molar-refractivity contribution in [2.24, 2.45) is 11.3 Å². The summed E-state index contributed by atoms with van der Waals surface area (Å²) in [6.07, 6.45) is 4.77. The van der Waals surface area contributed by atoms with Gasteiger partial charge in [-0.05, 0) is 58.2 Å². The topological polar surface area (TPSA) is 23.6 Å². The number of rotatable bonds is 5. The molecule has 116 valence electrons. The van der Waals surface area contributed by atoms with E-state index in [2.05, 4.69) is 23.6 Å². The Morgan fingerprint density at radius 1 is 1.05 bits per heavy atom. The molecule has 0 aliphatic carbocycles. The van der Waals surface area contributed by atoms with Crippen molar-refractivity contribution in [1.29, 1.82) is 0 Å². The maximum absolute atomic E-state index is 11.7. The third-order valence-corrected chi connectivity index (χ3v) is 5.43. The van der Waals surface area contributed by atoms with Crippen molar-refractivity contribution in [3.8, 4) is 0 Å². The van der Waals surface area contributed by atoms with Gasteiger partial charge in [0, 0.05) is 31.5 Å². The van der Waals surface area contributed by atoms with Gasteiger partial charge >= 0.3 is 0 Å². The van der Waals surface area contributed by atoms with Crippen molar-refractivity contribution < 1.29 is 4.79 Å². The Kier molecular flexibility index (Phi) is 5.25. The average Bonchev–Trinajstić information content (AvgIpc) is 2.82. The van der Waals surface area contributed by atoms with Crippen LogP contribution in [0.2, 0.25) is 0 Å². The zero-order chi connectivity index (χ0) is 14.8. The summed E-state index contributed by atoms with van der Waals surface area (Å²) >= 11 is 0. The van der Waals surface area contributed by atoms with Crippen molar-refractivity contribution in [3.63, 3.8) is 0 Å². The number of Topliss-reactive ketones (excluding diaryl/α,β-unsaturated/α-hetero) is 1. The summed E-state index contributed by atoms with van der Waals surface area (Å²) in [5, 5.41) is 0. The third kappa shape index (κ3) is 3.82. The molecule has 0 atom stereocenters. The van der Waals surface area contributed by atoms with Gasteiger partial charge in [0.15, 0.2) is 0 Å². The molecule has 0 bridgehead atoms. The first kappa shape index (κ1) is 16.0. The van der Waals surface area contributed by atoms with Crippen LogP contribution >= 0.6 is 0 Å². The van der Waals surface area contributed by atoms with Crippen LogP contribution < -0.4 is 0 Å². The number of carbonyl (C=O) groups excluding carboxylic acids is 1. The Balaban J connectivity index is 1.74. The molecule has 0 amide bonds. The summed E-state index contributed by atoms with van der Waals surface area (Å²) in [5.74, 6) is 0.609. The zero-order valence-corrected chi connectivity index (χ0v) is 13.8. The standard InChI is InChI=1S/C17H32N2O/c1-14(2)16(20)5-9-18-10-6-17(7-11-18)8-12-19(13-17)15(3)4/h14-15H,5-13H2,1-4H3. The second-order valence-electron chi connectivity index (χ2n) is 7.53. The lowest BCUT2D eigenvalue weighted by molar-refractivity contribution is -0.122. The molecular formula is C17H32N2O. The summed E-state index contributed by atoms with van der Waals surface area (Å²) in [6.45, 7) is 14.6. The second-order valence-corrected chi connectivity index (χ2v) is 7.53. The molecule has 20 heavy (non-hydrogen) atoms. The van der Waals surface area contributed by atoms with Crippen molar-refractivity contribution >= 4 is 5.78 Å². The Bertz CT molecular complexity index is 330. The molecule has 3 heteroatoms. The number of ketones is 1. The fourth-order valence-corrected chi connectivity index (χ4v) is 3.63. The molecule has 1 spiro atoms. The van der Waals surface area contributed by atoms with Crippen LogP contribution in [0.4, 0.5) is 0 Å². The van der Waals surface area contributed by atoms with E-state index >= 15 is 0 Å². The van der Waals surface area contributed by atoms with E-state index in [0.717, 1.165) is 13.0 Å². The largest absolute Gasteiger partial charge is 0.303 e. The van der Waals surface area contributed by atoms with Crippen molar-refractivity contribution in [2.75, 3.05) is 32.7 Å². The Labute approximate surface area is 124 Å². The van der Waals surface area contributed by atoms with Crippen LogP contribution in [0.3, 0.4) is 0 Å². The molecule has 0 radical (unpaired) electrons. The normalized spacial score (nSPS) is 24.1. The minimum atomic E-state index is 0.195. The summed E-state index contributed by atoms with van der Waals surface area (Å²) in [4.78, 5) is 16.9. The van der Waals surface area contributed by atoms with E-state index in [9.17, 15) is 4.79 Å². The molecule has 2 rings (SSSR count). The number of piperidine rings is 1. The SMILES string of the molecule is CC(C)C(=O)CCN1CCC2(CC1)CCN(C(C)C)C2. The first-order valence-corrected chi connectivity index (χ1v) is 8.41. The van der Waals surface area contributed by atoms with Crippen LogP contribution in [0, 0.1) is 11.3 Å². The number of likely N-dealkylation sites (tertiary alicyclic amines) is 2. The molecule has 0 aromatic carbocycles. The predicted molar refractivity (Wildman–Crippen MR) is 83.9 cm³/mol. The molecule has 2 aliphatic rings. The highest BCUT2D eigenvalue weighted by atomic mass is 16.1. The lowest BCUT2D eigenvalue weighted by Gasteiger charge is -2.39. The monoisotopic (exact) mass is 280 g/mol. The second kappa shape index (κ2) is 6.57. The lowest BCUT2D eigenvalue weighted by atomic mass is 9.77. The summed E-state index contributed by atoms with van der Waals surface area (Å²) in [6, 6.07) is 0.691. The van der Waals surface area contributed by atoms with E-state index in [1.807, 2.05) is 13.8 Å². The van der Waals surface area contributed by atoms with Crippen LogP contribution in [-0.4, -0.2) is 54.3 Å². The molecule has 2 fully saturated rings. The van der Waals surface area contributed by atoms with Gasteiger partial charge in [0.25, 0.3) is 0 Å². The molecule has 2 aliphatic heterocycles. The highest BCUT2D eigenvalue weighted by molar-refractivity contribution is 5.80. The first-order valence-electron chi connectivity index (χ1n) is 8.41. The van der Waals surface area contributed by atoms with Gasteiger partial charge in [-0.3, -0.25) is 4.79 Å². The Morgan fingerprint density at radius 3 is 2.15 bits per heavy atom. The zero-order valence-electron chi connectivity index (χ0n) is 13.8. The van der Waals surface area contributed by atoms with Gasteiger partial charge in [0.2, 0.25) is 0 Å². The Morgan fingerprint density at radius 2 is 1.65 bits per heavy atom. The molecule has 0 N–H and O–H groups in total. The summed E-state index contributed by atoms with van der Waals surface area (Å²) < 4.78 is 0. The molecule has 3 nitrogen and oxygen atoms in total. The van der Waals surface area contributed by atoms with Gasteiger partial charge in [-0.1, -0.05) is 13.8 Å². The smallest absolute Gasteiger partial charge is 0.136 e. The van der Waals surface area contributed by atoms with E-state index in [4.69, 9.17) is 0 Å². The highest BCUT2D eigenvalue weighted by Crippen LogP contribution is 2.40. The molecule has 0 aromatic rings. The van der Waals surface area contributed by atoms with Gasteiger partial charge in [-0.2, -0.15) is 0 Å². The van der Waals surface area contributed by atoms with Gasteiger partial charge < -0.3 is 9.80 Å². The fraction of sp³-hybridized carbons (Fsp3) is 0.941. The van der Waals surface area contributed by atoms with Crippen LogP contribution in [0.1, 0.15) is 53.4 Å². The van der Waals surface area contributed by atoms with Gasteiger partial charge in [-0.25, -0.2) is 0 Å². The van der Waals surface area contributed by atoms with E-state index in [-0.39, 0.29) is 5.92 Å². The van der Waals surface area contributed by atoms with Crippen molar-refractivity contribution in [2.45, 2.75) is 59.4 Å². The summed E-state index contributed by atoms with van der Waals surface area (Å²) in [5.41, 5.74) is 0.586. The van der Waals surface area contributed by atoms with E-state index < -0.39 is 0 Å². The minimum Gasteiger partial charge on any atom is -0.303 e. The maximum Gasteiger partial charge on any atom is 0.136 e. The molecule has 2 heterocycles. The highest BCUT2D eigenvalue weighted by Gasteiger charge is 2.40. The van der Waals surface area contributed by atoms with E-state index in [0.29, 0.717) is 17.2 Å². The average molecular weight is 280 g/mol. The fourth-order valence-electron chi connectivity index (χ4n) is 3.63. The first-order chi connectivity index (χ1) is 9.42. The Hall–Kier alpha value is -0.410. The quantitative estimate of drug-likeness (QED) is 0.773. The lowest BCUT2D eigenvalue weighted by Crippen LogP contribution is -2.43. The van der Waals surface area contributed by atoms with Crippen LogP contribution in [0.25, 0.3) is 0 Å². The maximum atomic E-state index is 11.7.